The van der Waals surface area contributed by atoms with E-state index in [1.165, 1.54) is 0 Å². The van der Waals surface area contributed by atoms with E-state index in [9.17, 15) is 4.79 Å². The molecule has 0 saturated carbocycles. The van der Waals surface area contributed by atoms with E-state index in [0.29, 0.717) is 10.8 Å². The molecule has 2 aromatic rings. The van der Waals surface area contributed by atoms with Crippen molar-refractivity contribution < 1.29 is 14.3 Å². The number of carbonyl (C=O) groups excluding carboxylic acids is 1. The van der Waals surface area contributed by atoms with E-state index in [2.05, 4.69) is 21.2 Å². The van der Waals surface area contributed by atoms with Gasteiger partial charge < -0.3 is 14.8 Å². The molecule has 1 amide bonds. The van der Waals surface area contributed by atoms with Gasteiger partial charge in [0.15, 0.2) is 6.10 Å². The van der Waals surface area contributed by atoms with E-state index in [1.54, 1.807) is 38.3 Å². The van der Waals surface area contributed by atoms with Crippen molar-refractivity contribution in [2.75, 3.05) is 7.11 Å². The van der Waals surface area contributed by atoms with Crippen molar-refractivity contribution in [1.29, 1.82) is 0 Å². The molecule has 4 nitrogen and oxygen atoms in total. The molecule has 1 N–H and O–H groups in total. The van der Waals surface area contributed by atoms with Crippen LogP contribution in [0, 0.1) is 0 Å². The number of methoxy groups -OCH3 is 1. The Bertz CT molecular complexity index is 723. The van der Waals surface area contributed by atoms with Gasteiger partial charge in [-0.05, 0) is 65.7 Å². The second-order valence-electron chi connectivity index (χ2n) is 5.34. The molecule has 24 heavy (non-hydrogen) atoms. The van der Waals surface area contributed by atoms with E-state index >= 15 is 0 Å². The maximum absolute atomic E-state index is 12.3. The van der Waals surface area contributed by atoms with Gasteiger partial charge in [-0.3, -0.25) is 4.79 Å². The average molecular weight is 413 g/mol. The van der Waals surface area contributed by atoms with Crippen molar-refractivity contribution in [3.05, 3.63) is 57.5 Å². The predicted octanol–water partition coefficient (Wildman–Crippen LogP) is 4.76. The third kappa shape index (κ3) is 4.89. The first-order valence-electron chi connectivity index (χ1n) is 7.46. The quantitative estimate of drug-likeness (QED) is 0.744. The Hall–Kier alpha value is -1.72. The van der Waals surface area contributed by atoms with Crippen molar-refractivity contribution in [3.8, 4) is 11.5 Å². The van der Waals surface area contributed by atoms with Crippen LogP contribution in [0.5, 0.6) is 11.5 Å². The summed E-state index contributed by atoms with van der Waals surface area (Å²) in [5, 5.41) is 3.50. The van der Waals surface area contributed by atoms with Crippen molar-refractivity contribution in [3.63, 3.8) is 0 Å². The number of ether oxygens (including phenoxy) is 2. The van der Waals surface area contributed by atoms with Crippen LogP contribution in [-0.4, -0.2) is 19.1 Å². The zero-order valence-electron chi connectivity index (χ0n) is 13.7. The molecule has 0 fully saturated rings. The van der Waals surface area contributed by atoms with E-state index in [-0.39, 0.29) is 11.9 Å². The molecule has 0 radical (unpaired) electrons. The third-order valence-electron chi connectivity index (χ3n) is 3.51. The lowest BCUT2D eigenvalue weighted by atomic mass is 10.1. The fourth-order valence-corrected chi connectivity index (χ4v) is 2.90. The molecule has 128 valence electrons. The molecule has 0 aliphatic heterocycles. The fraction of sp³-hybridized carbons (Fsp3) is 0.278. The van der Waals surface area contributed by atoms with Crippen LogP contribution in [0.4, 0.5) is 0 Å². The Morgan fingerprint density at radius 1 is 1.21 bits per heavy atom. The summed E-state index contributed by atoms with van der Waals surface area (Å²) in [6, 6.07) is 12.5. The SMILES string of the molecule is COc1ccc(C(C)NC(=O)C(C)Oc2cccc(Cl)c2)cc1Br. The number of rotatable bonds is 6. The highest BCUT2D eigenvalue weighted by molar-refractivity contribution is 9.10. The molecule has 2 unspecified atom stereocenters. The number of hydrogen-bond donors (Lipinski definition) is 1. The number of nitrogens with one attached hydrogen (secondary N) is 1. The van der Waals surface area contributed by atoms with Crippen LogP contribution in [0.3, 0.4) is 0 Å². The summed E-state index contributed by atoms with van der Waals surface area (Å²) < 4.78 is 11.7. The van der Waals surface area contributed by atoms with Gasteiger partial charge in [0.1, 0.15) is 11.5 Å². The lowest BCUT2D eigenvalue weighted by Gasteiger charge is -2.19. The summed E-state index contributed by atoms with van der Waals surface area (Å²) in [4.78, 5) is 12.3. The van der Waals surface area contributed by atoms with Gasteiger partial charge in [-0.2, -0.15) is 0 Å². The Kier molecular flexibility index (Phi) is 6.52. The monoisotopic (exact) mass is 411 g/mol. The summed E-state index contributed by atoms with van der Waals surface area (Å²) in [7, 11) is 1.61. The van der Waals surface area contributed by atoms with Crippen molar-refractivity contribution in [2.24, 2.45) is 0 Å². The summed E-state index contributed by atoms with van der Waals surface area (Å²) in [6.07, 6.45) is -0.632. The minimum atomic E-state index is -0.632. The van der Waals surface area contributed by atoms with Crippen LogP contribution in [-0.2, 0) is 4.79 Å². The van der Waals surface area contributed by atoms with Crippen molar-refractivity contribution in [2.45, 2.75) is 26.0 Å². The Balaban J connectivity index is 1.98. The molecule has 0 aromatic heterocycles. The third-order valence-corrected chi connectivity index (χ3v) is 4.37. The highest BCUT2D eigenvalue weighted by Crippen LogP contribution is 2.28. The van der Waals surface area contributed by atoms with Crippen molar-refractivity contribution in [1.82, 2.24) is 5.32 Å². The molecular formula is C18H19BrClNO3. The van der Waals surface area contributed by atoms with Gasteiger partial charge in [0.25, 0.3) is 5.91 Å². The first-order chi connectivity index (χ1) is 11.4. The average Bonchev–Trinajstić information content (AvgIpc) is 2.54. The van der Waals surface area contributed by atoms with Gasteiger partial charge in [-0.15, -0.1) is 0 Å². The van der Waals surface area contributed by atoms with E-state index in [1.807, 2.05) is 25.1 Å². The lowest BCUT2D eigenvalue weighted by molar-refractivity contribution is -0.127. The van der Waals surface area contributed by atoms with Crippen LogP contribution in [0.15, 0.2) is 46.9 Å². The fourth-order valence-electron chi connectivity index (χ4n) is 2.16. The summed E-state index contributed by atoms with van der Waals surface area (Å²) >= 11 is 9.36. The molecule has 6 heteroatoms. The summed E-state index contributed by atoms with van der Waals surface area (Å²) in [5.74, 6) is 1.11. The van der Waals surface area contributed by atoms with Gasteiger partial charge in [0.2, 0.25) is 0 Å². The molecule has 0 saturated heterocycles. The maximum atomic E-state index is 12.3. The predicted molar refractivity (Wildman–Crippen MR) is 98.8 cm³/mol. The molecule has 0 bridgehead atoms. The summed E-state index contributed by atoms with van der Waals surface area (Å²) in [5.41, 5.74) is 0.964. The van der Waals surface area contributed by atoms with Gasteiger partial charge in [-0.1, -0.05) is 23.7 Å². The minimum absolute atomic E-state index is 0.162. The number of hydrogen-bond acceptors (Lipinski definition) is 3. The molecule has 2 aromatic carbocycles. The van der Waals surface area contributed by atoms with Crippen LogP contribution in [0.2, 0.25) is 5.02 Å². The van der Waals surface area contributed by atoms with E-state index in [4.69, 9.17) is 21.1 Å². The normalized spacial score (nSPS) is 13.0. The number of carbonyl (C=O) groups is 1. The van der Waals surface area contributed by atoms with E-state index < -0.39 is 6.10 Å². The summed E-state index contributed by atoms with van der Waals surface area (Å²) in [6.45, 7) is 3.62. The minimum Gasteiger partial charge on any atom is -0.496 e. The second kappa shape index (κ2) is 8.40. The second-order valence-corrected chi connectivity index (χ2v) is 6.63. The first kappa shape index (κ1) is 18.6. The molecule has 2 rings (SSSR count). The van der Waals surface area contributed by atoms with Gasteiger partial charge in [0.05, 0.1) is 17.6 Å². The smallest absolute Gasteiger partial charge is 0.261 e. The highest BCUT2D eigenvalue weighted by atomic mass is 79.9. The number of benzene rings is 2. The highest BCUT2D eigenvalue weighted by Gasteiger charge is 2.18. The zero-order valence-corrected chi connectivity index (χ0v) is 16.0. The standard InChI is InChI=1S/C18H19BrClNO3/c1-11(13-7-8-17(23-3)16(19)9-13)21-18(22)12(2)24-15-6-4-5-14(20)10-15/h4-12H,1-3H3,(H,21,22). The van der Waals surface area contributed by atoms with Crippen molar-refractivity contribution >= 4 is 33.4 Å². The molecule has 0 aliphatic carbocycles. The molecule has 0 spiro atoms. The van der Waals surface area contributed by atoms with Crippen LogP contribution in [0.1, 0.15) is 25.5 Å². The van der Waals surface area contributed by atoms with Crippen LogP contribution < -0.4 is 14.8 Å². The van der Waals surface area contributed by atoms with Gasteiger partial charge >= 0.3 is 0 Å². The molecule has 2 atom stereocenters. The molecule has 0 heterocycles. The molecule has 0 aliphatic rings. The Morgan fingerprint density at radius 2 is 1.96 bits per heavy atom. The number of halogens is 2. The van der Waals surface area contributed by atoms with E-state index in [0.717, 1.165) is 15.8 Å². The Labute approximate surface area is 155 Å². The first-order valence-corrected chi connectivity index (χ1v) is 8.64. The number of amides is 1. The van der Waals surface area contributed by atoms with Crippen LogP contribution in [0.25, 0.3) is 0 Å². The van der Waals surface area contributed by atoms with Crippen LogP contribution >= 0.6 is 27.5 Å². The largest absolute Gasteiger partial charge is 0.496 e. The molecular weight excluding hydrogens is 394 g/mol. The zero-order chi connectivity index (χ0) is 17.7. The Morgan fingerprint density at radius 3 is 2.58 bits per heavy atom. The topological polar surface area (TPSA) is 47.6 Å². The maximum Gasteiger partial charge on any atom is 0.261 e. The lowest BCUT2D eigenvalue weighted by Crippen LogP contribution is -2.37. The van der Waals surface area contributed by atoms with Gasteiger partial charge in [-0.25, -0.2) is 0 Å². The van der Waals surface area contributed by atoms with Gasteiger partial charge in [0, 0.05) is 5.02 Å².